The summed E-state index contributed by atoms with van der Waals surface area (Å²) in [6.07, 6.45) is 2.72. The van der Waals surface area contributed by atoms with E-state index in [-0.39, 0.29) is 0 Å². The topological polar surface area (TPSA) is 32.6 Å². The fourth-order valence-electron chi connectivity index (χ4n) is 3.11. The smallest absolute Gasteiger partial charge is 0.194 e. The van der Waals surface area contributed by atoms with Gasteiger partial charge in [0.15, 0.2) is 4.96 Å². The maximum atomic E-state index is 4.64. The van der Waals surface area contributed by atoms with Crippen LogP contribution in [0.25, 0.3) is 4.96 Å². The quantitative estimate of drug-likeness (QED) is 0.862. The number of hydrogen-bond acceptors (Lipinski definition) is 4. The molecule has 1 aliphatic rings. The van der Waals surface area contributed by atoms with E-state index in [0.29, 0.717) is 0 Å². The zero-order valence-electron chi connectivity index (χ0n) is 13.4. The lowest BCUT2D eigenvalue weighted by molar-refractivity contribution is 0.193. The molecule has 0 aromatic carbocycles. The van der Waals surface area contributed by atoms with Crippen molar-refractivity contribution < 1.29 is 0 Å². The summed E-state index contributed by atoms with van der Waals surface area (Å²) in [6.45, 7) is 12.3. The van der Waals surface area contributed by atoms with E-state index in [1.807, 2.05) is 0 Å². The standard InChI is InChI=1S/C16H26N4S/c1-12-4-7-19(8-5-12)9-6-17-10-15-14(3)18-16-20(15)13(2)11-21-16/h11-12,17H,4-10H2,1-3H3. The van der Waals surface area contributed by atoms with E-state index in [1.165, 1.54) is 37.3 Å². The van der Waals surface area contributed by atoms with Crippen molar-refractivity contribution >= 4 is 16.3 Å². The van der Waals surface area contributed by atoms with Crippen LogP contribution in [0, 0.1) is 19.8 Å². The molecule has 0 saturated carbocycles. The average Bonchev–Trinajstić information content (AvgIpc) is 2.97. The molecule has 0 radical (unpaired) electrons. The van der Waals surface area contributed by atoms with Crippen LogP contribution in [-0.4, -0.2) is 40.5 Å². The summed E-state index contributed by atoms with van der Waals surface area (Å²) < 4.78 is 2.29. The Hall–Kier alpha value is -0.910. The van der Waals surface area contributed by atoms with Gasteiger partial charge in [-0.15, -0.1) is 11.3 Å². The number of piperidine rings is 1. The van der Waals surface area contributed by atoms with Gasteiger partial charge in [-0.05, 0) is 45.7 Å². The van der Waals surface area contributed by atoms with Gasteiger partial charge in [0.2, 0.25) is 0 Å². The van der Waals surface area contributed by atoms with Crippen molar-refractivity contribution in [3.63, 3.8) is 0 Å². The first-order valence-corrected chi connectivity index (χ1v) is 8.88. The highest BCUT2D eigenvalue weighted by atomic mass is 32.1. The van der Waals surface area contributed by atoms with Crippen molar-refractivity contribution in [2.45, 2.75) is 40.2 Å². The minimum Gasteiger partial charge on any atom is -0.310 e. The fraction of sp³-hybridized carbons (Fsp3) is 0.688. The largest absolute Gasteiger partial charge is 0.310 e. The number of likely N-dealkylation sites (tertiary alicyclic amines) is 1. The zero-order chi connectivity index (χ0) is 14.8. The van der Waals surface area contributed by atoms with E-state index in [0.717, 1.165) is 36.2 Å². The summed E-state index contributed by atoms with van der Waals surface area (Å²) in [4.78, 5) is 8.34. The van der Waals surface area contributed by atoms with E-state index >= 15 is 0 Å². The average molecular weight is 306 g/mol. The predicted molar refractivity (Wildman–Crippen MR) is 89.1 cm³/mol. The van der Waals surface area contributed by atoms with Crippen molar-refractivity contribution in [3.8, 4) is 0 Å². The summed E-state index contributed by atoms with van der Waals surface area (Å²) >= 11 is 1.73. The van der Waals surface area contributed by atoms with Crippen LogP contribution in [0.5, 0.6) is 0 Å². The highest BCUT2D eigenvalue weighted by Crippen LogP contribution is 2.20. The second-order valence-corrected chi connectivity index (χ2v) is 7.18. The Balaban J connectivity index is 1.50. The molecule has 0 spiro atoms. The fourth-order valence-corrected chi connectivity index (χ4v) is 4.04. The van der Waals surface area contributed by atoms with Gasteiger partial charge in [-0.1, -0.05) is 6.92 Å². The third kappa shape index (κ3) is 3.30. The summed E-state index contributed by atoms with van der Waals surface area (Å²) in [5, 5.41) is 5.78. The molecule has 1 aliphatic heterocycles. The maximum Gasteiger partial charge on any atom is 0.194 e. The normalized spacial score (nSPS) is 17.9. The third-order valence-corrected chi connectivity index (χ3v) is 5.55. The molecule has 3 rings (SSSR count). The number of thiazole rings is 1. The first-order valence-electron chi connectivity index (χ1n) is 8.00. The van der Waals surface area contributed by atoms with Crippen LogP contribution in [0.15, 0.2) is 5.38 Å². The molecule has 0 amide bonds. The number of aromatic nitrogens is 2. The van der Waals surface area contributed by atoms with Crippen LogP contribution >= 0.6 is 11.3 Å². The van der Waals surface area contributed by atoms with E-state index in [4.69, 9.17) is 0 Å². The van der Waals surface area contributed by atoms with Gasteiger partial charge >= 0.3 is 0 Å². The SMILES string of the molecule is Cc1nc2scc(C)n2c1CNCCN1CCC(C)CC1. The molecule has 2 aromatic rings. The van der Waals surface area contributed by atoms with Gasteiger partial charge < -0.3 is 10.2 Å². The number of fused-ring (bicyclic) bond motifs is 1. The monoisotopic (exact) mass is 306 g/mol. The molecule has 1 N–H and O–H groups in total. The Morgan fingerprint density at radius 2 is 2.10 bits per heavy atom. The van der Waals surface area contributed by atoms with Crippen LogP contribution in [0.2, 0.25) is 0 Å². The molecule has 0 atom stereocenters. The van der Waals surface area contributed by atoms with Crippen molar-refractivity contribution in [2.24, 2.45) is 5.92 Å². The predicted octanol–water partition coefficient (Wildman–Crippen LogP) is 2.83. The van der Waals surface area contributed by atoms with Crippen molar-refractivity contribution in [3.05, 3.63) is 22.5 Å². The molecule has 4 nitrogen and oxygen atoms in total. The third-order valence-electron chi connectivity index (χ3n) is 4.60. The van der Waals surface area contributed by atoms with E-state index in [1.54, 1.807) is 11.3 Å². The van der Waals surface area contributed by atoms with Crippen LogP contribution in [-0.2, 0) is 6.54 Å². The Kier molecular flexibility index (Phi) is 4.62. The van der Waals surface area contributed by atoms with Gasteiger partial charge in [-0.25, -0.2) is 4.98 Å². The Morgan fingerprint density at radius 1 is 1.33 bits per heavy atom. The molecule has 0 unspecified atom stereocenters. The number of aryl methyl sites for hydroxylation is 2. The Bertz CT molecular complexity index is 593. The molecular weight excluding hydrogens is 280 g/mol. The summed E-state index contributed by atoms with van der Waals surface area (Å²) in [6, 6.07) is 0. The molecule has 2 aromatic heterocycles. The van der Waals surface area contributed by atoms with E-state index < -0.39 is 0 Å². The number of hydrogen-bond donors (Lipinski definition) is 1. The van der Waals surface area contributed by atoms with Crippen LogP contribution in [0.4, 0.5) is 0 Å². The summed E-state index contributed by atoms with van der Waals surface area (Å²) in [7, 11) is 0. The van der Waals surface area contributed by atoms with Crippen LogP contribution < -0.4 is 5.32 Å². The maximum absolute atomic E-state index is 4.64. The Labute approximate surface area is 131 Å². The lowest BCUT2D eigenvalue weighted by atomic mass is 9.99. The van der Waals surface area contributed by atoms with Crippen molar-refractivity contribution in [1.82, 2.24) is 19.6 Å². The molecule has 1 saturated heterocycles. The lowest BCUT2D eigenvalue weighted by Gasteiger charge is -2.30. The molecule has 116 valence electrons. The van der Waals surface area contributed by atoms with E-state index in [9.17, 15) is 0 Å². The molecule has 21 heavy (non-hydrogen) atoms. The second kappa shape index (κ2) is 6.46. The van der Waals surface area contributed by atoms with Crippen LogP contribution in [0.3, 0.4) is 0 Å². The first kappa shape index (κ1) is 15.0. The molecular formula is C16H26N4S. The second-order valence-electron chi connectivity index (χ2n) is 6.34. The van der Waals surface area contributed by atoms with Crippen LogP contribution in [0.1, 0.15) is 36.8 Å². The van der Waals surface area contributed by atoms with Gasteiger partial charge in [0.05, 0.1) is 11.4 Å². The highest BCUT2D eigenvalue weighted by molar-refractivity contribution is 7.15. The lowest BCUT2D eigenvalue weighted by Crippen LogP contribution is -2.37. The molecule has 0 bridgehead atoms. The van der Waals surface area contributed by atoms with Crippen molar-refractivity contribution in [2.75, 3.05) is 26.2 Å². The number of nitrogens with zero attached hydrogens (tertiary/aromatic N) is 3. The minimum absolute atomic E-state index is 0.912. The Morgan fingerprint density at radius 3 is 2.86 bits per heavy atom. The van der Waals surface area contributed by atoms with Gasteiger partial charge in [-0.3, -0.25) is 4.40 Å². The van der Waals surface area contributed by atoms with Gasteiger partial charge in [0.25, 0.3) is 0 Å². The molecule has 1 fully saturated rings. The van der Waals surface area contributed by atoms with Gasteiger partial charge in [0, 0.05) is 30.7 Å². The highest BCUT2D eigenvalue weighted by Gasteiger charge is 2.15. The van der Waals surface area contributed by atoms with E-state index in [2.05, 4.69) is 45.8 Å². The number of imidazole rings is 1. The number of nitrogens with one attached hydrogen (secondary N) is 1. The van der Waals surface area contributed by atoms with Gasteiger partial charge in [-0.2, -0.15) is 0 Å². The minimum atomic E-state index is 0.912. The summed E-state index contributed by atoms with van der Waals surface area (Å²) in [5.74, 6) is 0.915. The molecule has 0 aliphatic carbocycles. The first-order chi connectivity index (χ1) is 10.1. The zero-order valence-corrected chi connectivity index (χ0v) is 14.2. The van der Waals surface area contributed by atoms with Crippen molar-refractivity contribution in [1.29, 1.82) is 0 Å². The number of rotatable bonds is 5. The molecule has 5 heteroatoms. The summed E-state index contributed by atoms with van der Waals surface area (Å²) in [5.41, 5.74) is 3.76. The van der Waals surface area contributed by atoms with Gasteiger partial charge in [0.1, 0.15) is 0 Å². The molecule has 3 heterocycles.